The van der Waals surface area contributed by atoms with E-state index in [4.69, 9.17) is 9.52 Å². The van der Waals surface area contributed by atoms with Crippen LogP contribution in [0.4, 0.5) is 0 Å². The third-order valence-corrected chi connectivity index (χ3v) is 3.51. The number of hydrogen-bond donors (Lipinski definition) is 1. The number of rotatable bonds is 4. The first-order valence-corrected chi connectivity index (χ1v) is 6.17. The maximum Gasteiger partial charge on any atom is 0.339 e. The molecule has 1 aliphatic rings. The van der Waals surface area contributed by atoms with Gasteiger partial charge in [0.25, 0.3) is 5.91 Å². The summed E-state index contributed by atoms with van der Waals surface area (Å²) in [4.78, 5) is 24.8. The van der Waals surface area contributed by atoms with Crippen molar-refractivity contribution in [1.29, 1.82) is 0 Å². The minimum Gasteiger partial charge on any atom is -0.478 e. The molecule has 1 fully saturated rings. The van der Waals surface area contributed by atoms with Crippen LogP contribution in [0.1, 0.15) is 52.9 Å². The summed E-state index contributed by atoms with van der Waals surface area (Å²) in [6.07, 6.45) is 3.62. The van der Waals surface area contributed by atoms with E-state index < -0.39 is 5.97 Å². The Hall–Kier alpha value is -1.78. The SMILES string of the molecule is CCc1oc(C(=O)N(C)C2CCC2)cc1C(=O)O. The van der Waals surface area contributed by atoms with Gasteiger partial charge < -0.3 is 14.4 Å². The molecule has 1 aromatic heterocycles. The molecule has 0 atom stereocenters. The molecule has 1 saturated carbocycles. The first kappa shape index (κ1) is 12.7. The molecule has 1 aliphatic carbocycles. The van der Waals surface area contributed by atoms with Crippen LogP contribution in [0.25, 0.3) is 0 Å². The van der Waals surface area contributed by atoms with Crippen molar-refractivity contribution >= 4 is 11.9 Å². The van der Waals surface area contributed by atoms with Gasteiger partial charge in [-0.2, -0.15) is 0 Å². The molecule has 0 radical (unpaired) electrons. The Labute approximate surface area is 105 Å². The van der Waals surface area contributed by atoms with E-state index in [1.165, 1.54) is 6.07 Å². The van der Waals surface area contributed by atoms with Crippen LogP contribution in [-0.2, 0) is 6.42 Å². The van der Waals surface area contributed by atoms with Crippen LogP contribution >= 0.6 is 0 Å². The van der Waals surface area contributed by atoms with Gasteiger partial charge >= 0.3 is 5.97 Å². The summed E-state index contributed by atoms with van der Waals surface area (Å²) >= 11 is 0. The Balaban J connectivity index is 2.22. The number of furan rings is 1. The van der Waals surface area contributed by atoms with E-state index in [1.54, 1.807) is 18.9 Å². The Morgan fingerprint density at radius 3 is 2.56 bits per heavy atom. The summed E-state index contributed by atoms with van der Waals surface area (Å²) in [5.74, 6) is -0.811. The normalized spacial score (nSPS) is 15.2. The molecule has 0 aliphatic heterocycles. The first-order valence-electron chi connectivity index (χ1n) is 6.17. The van der Waals surface area contributed by atoms with Crippen LogP contribution in [0.2, 0.25) is 0 Å². The van der Waals surface area contributed by atoms with Crippen molar-refractivity contribution in [2.24, 2.45) is 0 Å². The number of hydrogen-bond acceptors (Lipinski definition) is 3. The Kier molecular flexibility index (Phi) is 3.41. The predicted octanol–water partition coefficient (Wildman–Crippen LogP) is 2.16. The van der Waals surface area contributed by atoms with Crippen molar-refractivity contribution < 1.29 is 19.1 Å². The fourth-order valence-corrected chi connectivity index (χ4v) is 2.09. The second kappa shape index (κ2) is 4.84. The smallest absolute Gasteiger partial charge is 0.339 e. The molecular weight excluding hydrogens is 234 g/mol. The second-order valence-corrected chi connectivity index (χ2v) is 4.61. The van der Waals surface area contributed by atoms with Gasteiger partial charge in [0.05, 0.1) is 0 Å². The highest BCUT2D eigenvalue weighted by molar-refractivity contribution is 5.96. The van der Waals surface area contributed by atoms with Crippen molar-refractivity contribution in [1.82, 2.24) is 4.90 Å². The standard InChI is InChI=1S/C13H17NO4/c1-3-10-9(13(16)17)7-11(18-10)12(15)14(2)8-5-4-6-8/h7-8H,3-6H2,1-2H3,(H,16,17). The summed E-state index contributed by atoms with van der Waals surface area (Å²) in [5, 5.41) is 9.01. The maximum absolute atomic E-state index is 12.1. The highest BCUT2D eigenvalue weighted by Gasteiger charge is 2.29. The van der Waals surface area contributed by atoms with Gasteiger partial charge in [-0.05, 0) is 19.3 Å². The molecule has 1 N–H and O–H groups in total. The lowest BCUT2D eigenvalue weighted by atomic mass is 9.92. The number of amides is 1. The monoisotopic (exact) mass is 251 g/mol. The number of carbonyl (C=O) groups excluding carboxylic acids is 1. The van der Waals surface area contributed by atoms with Crippen LogP contribution in [0.5, 0.6) is 0 Å². The summed E-state index contributed by atoms with van der Waals surface area (Å²) in [6, 6.07) is 1.60. The number of aryl methyl sites for hydroxylation is 1. The molecule has 18 heavy (non-hydrogen) atoms. The Morgan fingerprint density at radius 1 is 1.50 bits per heavy atom. The largest absolute Gasteiger partial charge is 0.478 e. The van der Waals surface area contributed by atoms with Gasteiger partial charge in [-0.1, -0.05) is 6.92 Å². The van der Waals surface area contributed by atoms with Crippen molar-refractivity contribution in [2.45, 2.75) is 38.6 Å². The quantitative estimate of drug-likeness (QED) is 0.890. The average Bonchev–Trinajstić information content (AvgIpc) is 2.69. The van der Waals surface area contributed by atoms with Crippen LogP contribution in [0.15, 0.2) is 10.5 Å². The fraction of sp³-hybridized carbons (Fsp3) is 0.538. The topological polar surface area (TPSA) is 70.8 Å². The molecule has 0 bridgehead atoms. The van der Waals surface area contributed by atoms with Gasteiger partial charge in [-0.3, -0.25) is 4.79 Å². The number of carboxylic acids is 1. The number of carbonyl (C=O) groups is 2. The molecule has 5 nitrogen and oxygen atoms in total. The molecule has 1 heterocycles. The lowest BCUT2D eigenvalue weighted by molar-refractivity contribution is 0.0617. The maximum atomic E-state index is 12.1. The molecule has 0 unspecified atom stereocenters. The van der Waals surface area contributed by atoms with Crippen molar-refractivity contribution in [3.05, 3.63) is 23.2 Å². The third-order valence-electron chi connectivity index (χ3n) is 3.51. The zero-order valence-electron chi connectivity index (χ0n) is 10.6. The van der Waals surface area contributed by atoms with Gasteiger partial charge in [-0.15, -0.1) is 0 Å². The molecule has 0 aromatic carbocycles. The van der Waals surface area contributed by atoms with E-state index >= 15 is 0 Å². The van der Waals surface area contributed by atoms with E-state index in [0.717, 1.165) is 19.3 Å². The van der Waals surface area contributed by atoms with Crippen LogP contribution in [0.3, 0.4) is 0 Å². The van der Waals surface area contributed by atoms with E-state index in [-0.39, 0.29) is 23.3 Å². The average molecular weight is 251 g/mol. The van der Waals surface area contributed by atoms with Gasteiger partial charge in [0.15, 0.2) is 5.76 Å². The highest BCUT2D eigenvalue weighted by Crippen LogP contribution is 2.26. The summed E-state index contributed by atoms with van der Waals surface area (Å²) in [6.45, 7) is 1.80. The number of nitrogens with zero attached hydrogens (tertiary/aromatic N) is 1. The van der Waals surface area contributed by atoms with Gasteiger partial charge in [0.2, 0.25) is 0 Å². The van der Waals surface area contributed by atoms with Gasteiger partial charge in [0, 0.05) is 25.6 Å². The van der Waals surface area contributed by atoms with Gasteiger partial charge in [0.1, 0.15) is 11.3 Å². The zero-order valence-corrected chi connectivity index (χ0v) is 10.6. The van der Waals surface area contributed by atoms with E-state index in [0.29, 0.717) is 12.2 Å². The second-order valence-electron chi connectivity index (χ2n) is 4.61. The number of aromatic carboxylic acids is 1. The molecule has 1 amide bonds. The molecule has 0 spiro atoms. The van der Waals surface area contributed by atoms with E-state index in [1.807, 2.05) is 0 Å². The van der Waals surface area contributed by atoms with Crippen LogP contribution < -0.4 is 0 Å². The summed E-state index contributed by atoms with van der Waals surface area (Å²) in [7, 11) is 1.74. The Bertz CT molecular complexity index is 473. The van der Waals surface area contributed by atoms with E-state index in [2.05, 4.69) is 0 Å². The fourth-order valence-electron chi connectivity index (χ4n) is 2.09. The lowest BCUT2D eigenvalue weighted by Gasteiger charge is -2.34. The van der Waals surface area contributed by atoms with Crippen LogP contribution in [0, 0.1) is 0 Å². The third kappa shape index (κ3) is 2.12. The van der Waals surface area contributed by atoms with Crippen molar-refractivity contribution in [3.63, 3.8) is 0 Å². The van der Waals surface area contributed by atoms with Crippen molar-refractivity contribution in [3.8, 4) is 0 Å². The molecule has 98 valence electrons. The summed E-state index contributed by atoms with van der Waals surface area (Å²) in [5.41, 5.74) is 0.0860. The molecule has 2 rings (SSSR count). The van der Waals surface area contributed by atoms with Gasteiger partial charge in [-0.25, -0.2) is 4.79 Å². The minimum atomic E-state index is -1.05. The summed E-state index contributed by atoms with van der Waals surface area (Å²) < 4.78 is 5.35. The lowest BCUT2D eigenvalue weighted by Crippen LogP contribution is -2.41. The molecule has 1 aromatic rings. The first-order chi connectivity index (χ1) is 8.54. The zero-order chi connectivity index (χ0) is 13.3. The Morgan fingerprint density at radius 2 is 2.17 bits per heavy atom. The predicted molar refractivity (Wildman–Crippen MR) is 64.8 cm³/mol. The van der Waals surface area contributed by atoms with E-state index in [9.17, 15) is 9.59 Å². The van der Waals surface area contributed by atoms with Crippen molar-refractivity contribution in [2.75, 3.05) is 7.05 Å². The number of carboxylic acid groups (broad SMARTS) is 1. The molecule has 5 heteroatoms. The van der Waals surface area contributed by atoms with Crippen LogP contribution in [-0.4, -0.2) is 35.0 Å². The minimum absolute atomic E-state index is 0.0860. The molecular formula is C13H17NO4. The highest BCUT2D eigenvalue weighted by atomic mass is 16.4. The molecule has 0 saturated heterocycles.